The third-order valence-electron chi connectivity index (χ3n) is 6.40. The lowest BCUT2D eigenvalue weighted by atomic mass is 9.72. The van der Waals surface area contributed by atoms with Crippen LogP contribution < -0.4 is 5.32 Å². The predicted molar refractivity (Wildman–Crippen MR) is 106 cm³/mol. The molecule has 2 heterocycles. The van der Waals surface area contributed by atoms with E-state index in [1.807, 2.05) is 18.7 Å². The van der Waals surface area contributed by atoms with E-state index in [0.717, 1.165) is 39.0 Å². The van der Waals surface area contributed by atoms with Crippen LogP contribution in [0.5, 0.6) is 0 Å². The Labute approximate surface area is 155 Å². The fraction of sp³-hybridized carbons (Fsp3) is 0.571. The predicted octanol–water partition coefficient (Wildman–Crippen LogP) is 3.18. The van der Waals surface area contributed by atoms with Crippen LogP contribution in [0.15, 0.2) is 24.4 Å². The van der Waals surface area contributed by atoms with Gasteiger partial charge in [-0.1, -0.05) is 12.1 Å². The Morgan fingerprint density at radius 1 is 1.35 bits per heavy atom. The maximum absolute atomic E-state index is 12.3. The molecule has 2 N–H and O–H groups in total. The van der Waals surface area contributed by atoms with Crippen LogP contribution >= 0.6 is 0 Å². The molecular weight excluding hydrogens is 324 g/mol. The van der Waals surface area contributed by atoms with Crippen molar-refractivity contribution in [3.63, 3.8) is 0 Å². The molecule has 2 aromatic rings. The number of H-pyrrole nitrogens is 1. The molecule has 1 fully saturated rings. The Bertz CT molecular complexity index is 794. The van der Waals surface area contributed by atoms with Gasteiger partial charge in [-0.05, 0) is 56.8 Å². The van der Waals surface area contributed by atoms with Gasteiger partial charge >= 0.3 is 6.03 Å². The average molecular weight is 354 g/mol. The highest BCUT2D eigenvalue weighted by Gasteiger charge is 2.39. The molecule has 0 saturated carbocycles. The molecule has 1 aliphatic carbocycles. The van der Waals surface area contributed by atoms with Crippen LogP contribution in [0.4, 0.5) is 4.79 Å². The number of likely N-dealkylation sites (N-methyl/N-ethyl adjacent to an activating group) is 1. The van der Waals surface area contributed by atoms with Crippen LogP contribution in [-0.4, -0.2) is 60.1 Å². The summed E-state index contributed by atoms with van der Waals surface area (Å²) in [4.78, 5) is 20.1. The second-order valence-corrected chi connectivity index (χ2v) is 7.86. The summed E-state index contributed by atoms with van der Waals surface area (Å²) in [7, 11) is 2.24. The van der Waals surface area contributed by atoms with Crippen molar-refractivity contribution in [1.82, 2.24) is 20.1 Å². The molecule has 1 aromatic heterocycles. The van der Waals surface area contributed by atoms with Crippen LogP contribution in [0.25, 0.3) is 10.9 Å². The van der Waals surface area contributed by atoms with Crippen molar-refractivity contribution in [2.24, 2.45) is 5.92 Å². The largest absolute Gasteiger partial charge is 0.361 e. The van der Waals surface area contributed by atoms with E-state index in [4.69, 9.17) is 0 Å². The minimum atomic E-state index is 0.0680. The van der Waals surface area contributed by atoms with Crippen LogP contribution in [0.2, 0.25) is 0 Å². The molecule has 1 aromatic carbocycles. The van der Waals surface area contributed by atoms with Crippen LogP contribution in [0, 0.1) is 5.92 Å². The summed E-state index contributed by atoms with van der Waals surface area (Å²) >= 11 is 0. The number of nitrogens with zero attached hydrogens (tertiary/aromatic N) is 2. The molecule has 2 aliphatic rings. The lowest BCUT2D eigenvalue weighted by molar-refractivity contribution is 0.110. The van der Waals surface area contributed by atoms with Crippen LogP contribution in [-0.2, 0) is 6.42 Å². The van der Waals surface area contributed by atoms with E-state index in [0.29, 0.717) is 17.9 Å². The number of rotatable bonds is 4. The quantitative estimate of drug-likeness (QED) is 0.886. The van der Waals surface area contributed by atoms with Gasteiger partial charge in [-0.15, -0.1) is 0 Å². The molecule has 4 rings (SSSR count). The number of piperidine rings is 1. The molecule has 5 heteroatoms. The highest BCUT2D eigenvalue weighted by atomic mass is 16.2. The highest BCUT2D eigenvalue weighted by molar-refractivity contribution is 5.88. The minimum absolute atomic E-state index is 0.0680. The van der Waals surface area contributed by atoms with E-state index in [1.54, 1.807) is 0 Å². The first kappa shape index (κ1) is 17.4. The first-order chi connectivity index (χ1) is 12.6. The second-order valence-electron chi connectivity index (χ2n) is 7.86. The lowest BCUT2D eigenvalue weighted by Gasteiger charge is -2.45. The van der Waals surface area contributed by atoms with Gasteiger partial charge in [0, 0.05) is 55.2 Å². The van der Waals surface area contributed by atoms with Crippen molar-refractivity contribution in [2.75, 3.05) is 33.2 Å². The third kappa shape index (κ3) is 2.88. The topological polar surface area (TPSA) is 51.4 Å². The molecule has 0 spiro atoms. The Balaban J connectivity index is 1.51. The normalized spacial score (nSPS) is 25.1. The van der Waals surface area contributed by atoms with Gasteiger partial charge < -0.3 is 20.1 Å². The fourth-order valence-electron chi connectivity index (χ4n) is 5.06. The summed E-state index contributed by atoms with van der Waals surface area (Å²) in [6.45, 7) is 7.39. The van der Waals surface area contributed by atoms with Crippen molar-refractivity contribution in [1.29, 1.82) is 0 Å². The first-order valence-electron chi connectivity index (χ1n) is 9.94. The number of nitrogens with one attached hydrogen (secondary N) is 2. The number of fused-ring (bicyclic) bond motifs is 2. The van der Waals surface area contributed by atoms with E-state index in [9.17, 15) is 4.79 Å². The fourth-order valence-corrected chi connectivity index (χ4v) is 5.06. The molecule has 0 unspecified atom stereocenters. The Kier molecular flexibility index (Phi) is 4.65. The number of aromatic nitrogens is 1. The molecule has 140 valence electrons. The number of aromatic amines is 1. The van der Waals surface area contributed by atoms with Gasteiger partial charge in [0.05, 0.1) is 0 Å². The highest BCUT2D eigenvalue weighted by Crippen LogP contribution is 2.44. The zero-order valence-electron chi connectivity index (χ0n) is 16.1. The monoisotopic (exact) mass is 354 g/mol. The standard InChI is InChI=1S/C21H30N4O/c1-4-25(5-2)21(26)23-11-14-9-17-16-7-6-8-18-20(16)15(12-22-18)10-19(17)24(3)13-14/h6-8,12,14,17,19,22H,4-5,9-11,13H2,1-3H3,(H,23,26)/t14-,17-,19-/m1/s1. The van der Waals surface area contributed by atoms with Crippen molar-refractivity contribution < 1.29 is 4.79 Å². The van der Waals surface area contributed by atoms with Crippen molar-refractivity contribution in [2.45, 2.75) is 38.6 Å². The number of carbonyl (C=O) groups excluding carboxylic acids is 1. The molecular formula is C21H30N4O. The Morgan fingerprint density at radius 2 is 2.15 bits per heavy atom. The second kappa shape index (κ2) is 6.95. The maximum atomic E-state index is 12.3. The molecule has 1 aliphatic heterocycles. The SMILES string of the molecule is CCN(CC)C(=O)NC[C@H]1C[C@@H]2c3cccc4[nH]cc(c34)C[C@H]2N(C)C1. The summed E-state index contributed by atoms with van der Waals surface area (Å²) in [5, 5.41) is 4.60. The number of urea groups is 1. The van der Waals surface area contributed by atoms with E-state index in [-0.39, 0.29) is 6.03 Å². The van der Waals surface area contributed by atoms with Gasteiger partial charge in [-0.25, -0.2) is 4.79 Å². The van der Waals surface area contributed by atoms with Crippen LogP contribution in [0.1, 0.15) is 37.3 Å². The van der Waals surface area contributed by atoms with E-state index < -0.39 is 0 Å². The molecule has 3 atom stereocenters. The average Bonchev–Trinajstić information content (AvgIpc) is 3.06. The number of hydrogen-bond donors (Lipinski definition) is 2. The lowest BCUT2D eigenvalue weighted by Crippen LogP contribution is -2.51. The summed E-state index contributed by atoms with van der Waals surface area (Å²) in [5.41, 5.74) is 4.20. The van der Waals surface area contributed by atoms with Gasteiger partial charge in [-0.3, -0.25) is 0 Å². The van der Waals surface area contributed by atoms with Crippen LogP contribution in [0.3, 0.4) is 0 Å². The maximum Gasteiger partial charge on any atom is 0.317 e. The minimum Gasteiger partial charge on any atom is -0.361 e. The smallest absolute Gasteiger partial charge is 0.317 e. The van der Waals surface area contributed by atoms with Gasteiger partial charge in [0.25, 0.3) is 0 Å². The summed E-state index contributed by atoms with van der Waals surface area (Å²) < 4.78 is 0. The number of likely N-dealkylation sites (tertiary alicyclic amines) is 1. The molecule has 0 bridgehead atoms. The van der Waals surface area contributed by atoms with E-state index >= 15 is 0 Å². The zero-order chi connectivity index (χ0) is 18.3. The van der Waals surface area contributed by atoms with Gasteiger partial charge in [-0.2, -0.15) is 0 Å². The number of carbonyl (C=O) groups is 1. The summed E-state index contributed by atoms with van der Waals surface area (Å²) in [6, 6.07) is 7.29. The number of hydrogen-bond acceptors (Lipinski definition) is 2. The summed E-state index contributed by atoms with van der Waals surface area (Å²) in [5.74, 6) is 1.05. The van der Waals surface area contributed by atoms with Crippen molar-refractivity contribution in [3.8, 4) is 0 Å². The third-order valence-corrected chi connectivity index (χ3v) is 6.40. The van der Waals surface area contributed by atoms with Gasteiger partial charge in [0.15, 0.2) is 0 Å². The molecule has 5 nitrogen and oxygen atoms in total. The Morgan fingerprint density at radius 3 is 2.92 bits per heavy atom. The zero-order valence-corrected chi connectivity index (χ0v) is 16.1. The molecule has 2 amide bonds. The van der Waals surface area contributed by atoms with E-state index in [1.165, 1.54) is 22.0 Å². The number of benzene rings is 1. The summed E-state index contributed by atoms with van der Waals surface area (Å²) in [6.07, 6.45) is 4.46. The van der Waals surface area contributed by atoms with Gasteiger partial charge in [0.1, 0.15) is 0 Å². The molecule has 1 saturated heterocycles. The van der Waals surface area contributed by atoms with Gasteiger partial charge in [0.2, 0.25) is 0 Å². The van der Waals surface area contributed by atoms with Crippen molar-refractivity contribution in [3.05, 3.63) is 35.5 Å². The number of amides is 2. The first-order valence-corrected chi connectivity index (χ1v) is 9.94. The van der Waals surface area contributed by atoms with E-state index in [2.05, 4.69) is 46.6 Å². The molecule has 0 radical (unpaired) electrons. The van der Waals surface area contributed by atoms with Crippen molar-refractivity contribution >= 4 is 16.9 Å². The Hall–Kier alpha value is -2.01. The molecule has 26 heavy (non-hydrogen) atoms.